The van der Waals surface area contributed by atoms with Crippen LogP contribution < -0.4 is 10.6 Å². The molecule has 40 heavy (non-hydrogen) atoms. The summed E-state index contributed by atoms with van der Waals surface area (Å²) in [5.74, 6) is -1.78. The monoisotopic (exact) mass is 566 g/mol. The van der Waals surface area contributed by atoms with Crippen molar-refractivity contribution in [1.29, 1.82) is 0 Å². The fraction of sp³-hybridized carbons (Fsp3) is 0.0312. The van der Waals surface area contributed by atoms with Gasteiger partial charge in [0.15, 0.2) is 0 Å². The van der Waals surface area contributed by atoms with Gasteiger partial charge in [0.25, 0.3) is 5.91 Å². The van der Waals surface area contributed by atoms with E-state index in [0.29, 0.717) is 27.2 Å². The van der Waals surface area contributed by atoms with Gasteiger partial charge in [0.05, 0.1) is 16.3 Å². The zero-order valence-electron chi connectivity index (χ0n) is 21.0. The van der Waals surface area contributed by atoms with E-state index >= 15 is 0 Å². The first kappa shape index (κ1) is 27.0. The van der Waals surface area contributed by atoms with Gasteiger partial charge in [0.1, 0.15) is 5.25 Å². The predicted molar refractivity (Wildman–Crippen MR) is 160 cm³/mol. The van der Waals surface area contributed by atoms with Gasteiger partial charge in [0.2, 0.25) is 5.91 Å². The molecule has 0 fully saturated rings. The molecule has 3 N–H and O–H groups in total. The molecule has 1 unspecified atom stereocenters. The first-order valence-electron chi connectivity index (χ1n) is 12.3. The van der Waals surface area contributed by atoms with E-state index in [9.17, 15) is 19.5 Å². The lowest BCUT2D eigenvalue weighted by molar-refractivity contribution is -0.115. The number of amides is 2. The van der Waals surface area contributed by atoms with Crippen LogP contribution >= 0.6 is 23.4 Å². The third kappa shape index (κ3) is 6.01. The number of thioether (sulfide) groups is 1. The average Bonchev–Trinajstić information content (AvgIpc) is 2.97. The van der Waals surface area contributed by atoms with Gasteiger partial charge in [-0.05, 0) is 53.4 Å². The zero-order valence-corrected chi connectivity index (χ0v) is 22.6. The third-order valence-electron chi connectivity index (χ3n) is 6.20. The van der Waals surface area contributed by atoms with Crippen LogP contribution in [0, 0.1) is 0 Å². The smallest absolute Gasteiger partial charge is 0.336 e. The number of rotatable bonds is 8. The second-order valence-corrected chi connectivity index (χ2v) is 10.5. The molecule has 5 aromatic carbocycles. The van der Waals surface area contributed by atoms with E-state index in [-0.39, 0.29) is 17.0 Å². The van der Waals surface area contributed by atoms with Crippen molar-refractivity contribution in [3.8, 4) is 0 Å². The molecule has 198 valence electrons. The van der Waals surface area contributed by atoms with Crippen LogP contribution in [0.5, 0.6) is 0 Å². The van der Waals surface area contributed by atoms with Crippen LogP contribution in [0.15, 0.2) is 120 Å². The fourth-order valence-electron chi connectivity index (χ4n) is 4.35. The van der Waals surface area contributed by atoms with E-state index in [1.54, 1.807) is 72.8 Å². The summed E-state index contributed by atoms with van der Waals surface area (Å²) < 4.78 is 0. The van der Waals surface area contributed by atoms with Crippen LogP contribution in [0.3, 0.4) is 0 Å². The van der Waals surface area contributed by atoms with Crippen molar-refractivity contribution in [3.05, 3.63) is 137 Å². The molecule has 0 aromatic heterocycles. The van der Waals surface area contributed by atoms with E-state index in [1.165, 1.54) is 17.8 Å². The van der Waals surface area contributed by atoms with Crippen molar-refractivity contribution in [2.75, 3.05) is 10.6 Å². The topological polar surface area (TPSA) is 95.5 Å². The Labute approximate surface area is 240 Å². The maximum atomic E-state index is 13.4. The number of hydrogen-bond donors (Lipinski definition) is 3. The number of hydrogen-bond acceptors (Lipinski definition) is 4. The minimum Gasteiger partial charge on any atom is -0.478 e. The SMILES string of the molecule is O=C(O)c1cccc2cccc(C(=O)Nc3cccc(SC(C(=O)Nc4ccccc4Cl)c4ccccc4)c3)c12. The van der Waals surface area contributed by atoms with E-state index in [4.69, 9.17) is 11.6 Å². The molecule has 0 bridgehead atoms. The molecule has 5 aromatic rings. The van der Waals surface area contributed by atoms with E-state index in [0.717, 1.165) is 10.5 Å². The highest BCUT2D eigenvalue weighted by Crippen LogP contribution is 2.38. The number of anilines is 2. The standard InChI is InChI=1S/C32H23ClN2O4S/c33-26-17-4-5-18-27(26)35-31(37)29(21-9-2-1-3-10-21)40-23-14-8-13-22(19-23)34-30(36)24-15-6-11-20-12-7-16-25(28(20)24)32(38)39/h1-19,29H,(H,34,36)(H,35,37)(H,38,39). The molecule has 0 aliphatic rings. The molecule has 5 rings (SSSR count). The summed E-state index contributed by atoms with van der Waals surface area (Å²) in [5, 5.41) is 16.4. The maximum absolute atomic E-state index is 13.4. The van der Waals surface area contributed by atoms with Gasteiger partial charge in [-0.15, -0.1) is 11.8 Å². The second-order valence-electron chi connectivity index (χ2n) is 8.87. The minimum atomic E-state index is -1.11. The van der Waals surface area contributed by atoms with Crippen molar-refractivity contribution in [2.45, 2.75) is 10.1 Å². The van der Waals surface area contributed by atoms with Crippen LogP contribution in [0.2, 0.25) is 5.02 Å². The molecule has 1 atom stereocenters. The van der Waals surface area contributed by atoms with Gasteiger partial charge < -0.3 is 15.7 Å². The summed E-state index contributed by atoms with van der Waals surface area (Å²) in [6, 6.07) is 33.6. The average molecular weight is 567 g/mol. The van der Waals surface area contributed by atoms with Crippen molar-refractivity contribution in [2.24, 2.45) is 0 Å². The van der Waals surface area contributed by atoms with Gasteiger partial charge >= 0.3 is 5.97 Å². The van der Waals surface area contributed by atoms with Gasteiger partial charge in [0, 0.05) is 21.5 Å². The van der Waals surface area contributed by atoms with Gasteiger partial charge in [-0.1, -0.05) is 84.4 Å². The Morgan fingerprint density at radius 3 is 2.12 bits per heavy atom. The Bertz CT molecular complexity index is 1720. The molecule has 8 heteroatoms. The molecular weight excluding hydrogens is 544 g/mol. The number of para-hydroxylation sites is 1. The summed E-state index contributed by atoms with van der Waals surface area (Å²) in [6.07, 6.45) is 0. The van der Waals surface area contributed by atoms with Gasteiger partial charge in [-0.25, -0.2) is 4.79 Å². The molecule has 0 spiro atoms. The third-order valence-corrected chi connectivity index (χ3v) is 7.78. The Kier molecular flexibility index (Phi) is 8.15. The summed E-state index contributed by atoms with van der Waals surface area (Å²) in [7, 11) is 0. The number of carbonyl (C=O) groups is 3. The molecule has 0 aliphatic carbocycles. The maximum Gasteiger partial charge on any atom is 0.336 e. The Morgan fingerprint density at radius 2 is 1.40 bits per heavy atom. The summed E-state index contributed by atoms with van der Waals surface area (Å²) in [6.45, 7) is 0. The highest BCUT2D eigenvalue weighted by atomic mass is 35.5. The van der Waals surface area contributed by atoms with Crippen LogP contribution in [0.4, 0.5) is 11.4 Å². The zero-order chi connectivity index (χ0) is 28.1. The first-order valence-corrected chi connectivity index (χ1v) is 13.6. The number of carboxylic acid groups (broad SMARTS) is 1. The molecule has 6 nitrogen and oxygen atoms in total. The quantitative estimate of drug-likeness (QED) is 0.166. The summed E-state index contributed by atoms with van der Waals surface area (Å²) >= 11 is 7.60. The number of halogens is 1. The molecular formula is C32H23ClN2O4S. The van der Waals surface area contributed by atoms with Crippen LogP contribution in [-0.2, 0) is 4.79 Å². The van der Waals surface area contributed by atoms with Crippen LogP contribution in [0.1, 0.15) is 31.5 Å². The second kappa shape index (κ2) is 12.1. The van der Waals surface area contributed by atoms with E-state index < -0.39 is 17.1 Å². The normalized spacial score (nSPS) is 11.5. The van der Waals surface area contributed by atoms with Crippen LogP contribution in [0.25, 0.3) is 10.8 Å². The lowest BCUT2D eigenvalue weighted by Gasteiger charge is -2.18. The van der Waals surface area contributed by atoms with E-state index in [1.807, 2.05) is 36.4 Å². The van der Waals surface area contributed by atoms with Gasteiger partial charge in [-0.3, -0.25) is 9.59 Å². The molecule has 0 aliphatic heterocycles. The number of fused-ring (bicyclic) bond motifs is 1. The number of nitrogens with one attached hydrogen (secondary N) is 2. The number of carbonyl (C=O) groups excluding carboxylic acids is 2. The molecule has 0 radical (unpaired) electrons. The number of carboxylic acids is 1. The Hall–Kier alpha value is -4.59. The van der Waals surface area contributed by atoms with Crippen molar-refractivity contribution < 1.29 is 19.5 Å². The molecule has 0 heterocycles. The Morgan fingerprint density at radius 1 is 0.725 bits per heavy atom. The number of benzene rings is 5. The Balaban J connectivity index is 1.41. The molecule has 0 saturated heterocycles. The largest absolute Gasteiger partial charge is 0.478 e. The van der Waals surface area contributed by atoms with Crippen molar-refractivity contribution >= 4 is 63.3 Å². The summed E-state index contributed by atoms with van der Waals surface area (Å²) in [4.78, 5) is 39.3. The lowest BCUT2D eigenvalue weighted by atomic mass is 9.98. The minimum absolute atomic E-state index is 0.0581. The van der Waals surface area contributed by atoms with Crippen molar-refractivity contribution in [3.63, 3.8) is 0 Å². The summed E-state index contributed by atoms with van der Waals surface area (Å²) in [5.41, 5.74) is 2.16. The molecule has 2 amide bonds. The lowest BCUT2D eigenvalue weighted by Crippen LogP contribution is -2.19. The van der Waals surface area contributed by atoms with E-state index in [2.05, 4.69) is 10.6 Å². The number of aromatic carboxylic acids is 1. The van der Waals surface area contributed by atoms with Crippen LogP contribution in [-0.4, -0.2) is 22.9 Å². The first-order chi connectivity index (χ1) is 19.4. The predicted octanol–water partition coefficient (Wildman–Crippen LogP) is 7.92. The van der Waals surface area contributed by atoms with Crippen molar-refractivity contribution in [1.82, 2.24) is 0 Å². The highest BCUT2D eigenvalue weighted by Gasteiger charge is 2.23. The fourth-order valence-corrected chi connectivity index (χ4v) is 5.62. The molecule has 0 saturated carbocycles. The highest BCUT2D eigenvalue weighted by molar-refractivity contribution is 8.00. The van der Waals surface area contributed by atoms with Gasteiger partial charge in [-0.2, -0.15) is 0 Å².